The highest BCUT2D eigenvalue weighted by atomic mass is 35.5. The lowest BCUT2D eigenvalue weighted by molar-refractivity contribution is -0.122. The van der Waals surface area contributed by atoms with Crippen molar-refractivity contribution in [3.63, 3.8) is 0 Å². The van der Waals surface area contributed by atoms with Crippen molar-refractivity contribution < 1.29 is 23.4 Å². The van der Waals surface area contributed by atoms with Crippen LogP contribution in [-0.2, 0) is 17.8 Å². The molecule has 1 aliphatic rings. The Kier molecular flexibility index (Phi) is 8.97. The Balaban J connectivity index is 1.37. The van der Waals surface area contributed by atoms with Gasteiger partial charge in [-0.1, -0.05) is 17.7 Å². The quantitative estimate of drug-likeness (QED) is 0.222. The number of nitrogens with zero attached hydrogens (tertiary/aromatic N) is 1. The van der Waals surface area contributed by atoms with Crippen LogP contribution in [0.1, 0.15) is 42.1 Å². The average molecular weight is 555 g/mol. The number of amides is 1. The molecular formula is C29H31ClN2O5S. The molecular weight excluding hydrogens is 524 g/mol. The molecule has 4 rings (SSSR count). The van der Waals surface area contributed by atoms with E-state index in [1.807, 2.05) is 64.1 Å². The smallest absolute Gasteiger partial charge is 0.276 e. The molecule has 2 heterocycles. The molecule has 1 N–H and O–H groups in total. The largest absolute Gasteiger partial charge is 0.490 e. The molecule has 1 amide bonds. The van der Waals surface area contributed by atoms with Gasteiger partial charge in [0.2, 0.25) is 0 Å². The molecule has 2 aromatic carbocycles. The zero-order chi connectivity index (χ0) is 27.2. The standard InChI is InChI=1S/C29H31ClN2O5S/c1-5-34-25-10-7-20(15-26(25)35-6-2)11-12-32-28(33)24(31-29(32)38)16-21-8-9-22(37-21)17-36-23-13-18(3)27(30)19(4)14-23/h7-10,13-16H,5-6,11-12,17H2,1-4H3,(H,31,38)/b24-16+. The molecule has 7 nitrogen and oxygen atoms in total. The van der Waals surface area contributed by atoms with Gasteiger partial charge >= 0.3 is 0 Å². The fraction of sp³-hybridized carbons (Fsp3) is 0.310. The van der Waals surface area contributed by atoms with Gasteiger partial charge in [-0.25, -0.2) is 0 Å². The number of hydrogen-bond acceptors (Lipinski definition) is 6. The lowest BCUT2D eigenvalue weighted by Crippen LogP contribution is -2.32. The topological polar surface area (TPSA) is 73.2 Å². The molecule has 0 radical (unpaired) electrons. The summed E-state index contributed by atoms with van der Waals surface area (Å²) in [5.74, 6) is 3.08. The molecule has 0 spiro atoms. The second kappa shape index (κ2) is 12.4. The number of benzene rings is 2. The summed E-state index contributed by atoms with van der Waals surface area (Å²) in [4.78, 5) is 14.6. The minimum absolute atomic E-state index is 0.202. The molecule has 1 fully saturated rings. The molecule has 0 unspecified atom stereocenters. The van der Waals surface area contributed by atoms with E-state index in [2.05, 4.69) is 5.32 Å². The van der Waals surface area contributed by atoms with E-state index in [0.717, 1.165) is 27.5 Å². The summed E-state index contributed by atoms with van der Waals surface area (Å²) in [6.07, 6.45) is 2.26. The Hall–Kier alpha value is -3.49. The van der Waals surface area contributed by atoms with Gasteiger partial charge in [-0.05, 0) is 99.4 Å². The second-order valence-corrected chi connectivity index (χ2v) is 9.57. The maximum Gasteiger partial charge on any atom is 0.276 e. The second-order valence-electron chi connectivity index (χ2n) is 8.81. The minimum Gasteiger partial charge on any atom is -0.490 e. The Bertz CT molecular complexity index is 1340. The number of ether oxygens (including phenoxy) is 3. The molecule has 38 heavy (non-hydrogen) atoms. The molecule has 9 heteroatoms. The third kappa shape index (κ3) is 6.49. The molecule has 0 atom stereocenters. The summed E-state index contributed by atoms with van der Waals surface area (Å²) in [5, 5.41) is 4.10. The summed E-state index contributed by atoms with van der Waals surface area (Å²) in [6.45, 7) is 9.52. The number of carbonyl (C=O) groups excluding carboxylic acids is 1. The van der Waals surface area contributed by atoms with E-state index < -0.39 is 0 Å². The van der Waals surface area contributed by atoms with Crippen LogP contribution in [0.4, 0.5) is 0 Å². The van der Waals surface area contributed by atoms with Gasteiger partial charge in [0.05, 0.1) is 13.2 Å². The van der Waals surface area contributed by atoms with Crippen LogP contribution in [-0.4, -0.2) is 35.7 Å². The molecule has 0 bridgehead atoms. The fourth-order valence-corrected chi connectivity index (χ4v) is 4.50. The van der Waals surface area contributed by atoms with Crippen molar-refractivity contribution in [3.8, 4) is 17.2 Å². The maximum atomic E-state index is 13.0. The summed E-state index contributed by atoms with van der Waals surface area (Å²) in [7, 11) is 0. The van der Waals surface area contributed by atoms with Crippen molar-refractivity contribution in [2.24, 2.45) is 0 Å². The van der Waals surface area contributed by atoms with E-state index in [0.29, 0.717) is 60.0 Å². The number of thiocarbonyl (C=S) groups is 1. The molecule has 0 saturated carbocycles. The molecule has 1 aliphatic heterocycles. The molecule has 0 aliphatic carbocycles. The van der Waals surface area contributed by atoms with Crippen LogP contribution in [0.5, 0.6) is 17.2 Å². The fourth-order valence-electron chi connectivity index (χ4n) is 4.10. The van der Waals surface area contributed by atoms with Crippen molar-refractivity contribution in [1.29, 1.82) is 0 Å². The monoisotopic (exact) mass is 554 g/mol. The van der Waals surface area contributed by atoms with Crippen LogP contribution in [0.25, 0.3) is 6.08 Å². The van der Waals surface area contributed by atoms with Gasteiger partial charge in [-0.15, -0.1) is 0 Å². The maximum absolute atomic E-state index is 13.0. The molecule has 1 aromatic heterocycles. The summed E-state index contributed by atoms with van der Waals surface area (Å²) >= 11 is 11.7. The number of hydrogen-bond donors (Lipinski definition) is 1. The zero-order valence-corrected chi connectivity index (χ0v) is 23.5. The van der Waals surface area contributed by atoms with Crippen molar-refractivity contribution in [1.82, 2.24) is 10.2 Å². The summed E-state index contributed by atoms with van der Waals surface area (Å²) in [5.41, 5.74) is 3.29. The Morgan fingerprint density at radius 2 is 1.71 bits per heavy atom. The van der Waals surface area contributed by atoms with Crippen LogP contribution in [0.15, 0.2) is 52.6 Å². The van der Waals surface area contributed by atoms with Crippen molar-refractivity contribution in [2.75, 3.05) is 19.8 Å². The first kappa shape index (κ1) is 27.5. The molecule has 1 saturated heterocycles. The Labute approximate surface area is 233 Å². The third-order valence-electron chi connectivity index (χ3n) is 5.95. The SMILES string of the molecule is CCOc1ccc(CCN2C(=O)/C(=C\c3ccc(COc4cc(C)c(Cl)c(C)c4)o3)NC2=S)cc1OCC. The lowest BCUT2D eigenvalue weighted by Gasteiger charge is -2.15. The predicted molar refractivity (Wildman–Crippen MR) is 152 cm³/mol. The first-order valence-corrected chi connectivity index (χ1v) is 13.3. The first-order valence-electron chi connectivity index (χ1n) is 12.5. The van der Waals surface area contributed by atoms with Crippen LogP contribution in [0, 0.1) is 13.8 Å². The highest BCUT2D eigenvalue weighted by molar-refractivity contribution is 7.80. The van der Waals surface area contributed by atoms with Crippen molar-refractivity contribution in [3.05, 3.63) is 81.4 Å². The van der Waals surface area contributed by atoms with Crippen LogP contribution < -0.4 is 19.5 Å². The number of aryl methyl sites for hydroxylation is 2. The van der Waals surface area contributed by atoms with E-state index in [1.54, 1.807) is 17.0 Å². The van der Waals surface area contributed by atoms with E-state index in [-0.39, 0.29) is 12.5 Å². The predicted octanol–water partition coefficient (Wildman–Crippen LogP) is 6.23. The number of carbonyl (C=O) groups is 1. The van der Waals surface area contributed by atoms with Crippen LogP contribution >= 0.6 is 23.8 Å². The highest BCUT2D eigenvalue weighted by Gasteiger charge is 2.30. The number of furan rings is 1. The normalized spacial score (nSPS) is 14.2. The van der Waals surface area contributed by atoms with E-state index in [1.165, 1.54) is 0 Å². The zero-order valence-electron chi connectivity index (χ0n) is 21.9. The van der Waals surface area contributed by atoms with Gasteiger partial charge in [0.1, 0.15) is 29.6 Å². The summed E-state index contributed by atoms with van der Waals surface area (Å²) in [6, 6.07) is 13.2. The average Bonchev–Trinajstić information content (AvgIpc) is 3.44. The molecule has 200 valence electrons. The summed E-state index contributed by atoms with van der Waals surface area (Å²) < 4.78 is 23.1. The lowest BCUT2D eigenvalue weighted by atomic mass is 10.1. The van der Waals surface area contributed by atoms with E-state index in [4.69, 9.17) is 42.4 Å². The number of halogens is 1. The van der Waals surface area contributed by atoms with Gasteiger partial charge in [-0.2, -0.15) is 0 Å². The van der Waals surface area contributed by atoms with Crippen molar-refractivity contribution in [2.45, 2.75) is 40.7 Å². The van der Waals surface area contributed by atoms with E-state index in [9.17, 15) is 4.79 Å². The van der Waals surface area contributed by atoms with Crippen LogP contribution in [0.3, 0.4) is 0 Å². The van der Waals surface area contributed by atoms with Gasteiger partial charge in [0.25, 0.3) is 5.91 Å². The van der Waals surface area contributed by atoms with Gasteiger partial charge in [0, 0.05) is 17.6 Å². The number of nitrogens with one attached hydrogen (secondary N) is 1. The van der Waals surface area contributed by atoms with Crippen LogP contribution in [0.2, 0.25) is 5.02 Å². The van der Waals surface area contributed by atoms with Crippen molar-refractivity contribution >= 4 is 40.9 Å². The van der Waals surface area contributed by atoms with Gasteiger partial charge in [0.15, 0.2) is 16.6 Å². The number of rotatable bonds is 11. The van der Waals surface area contributed by atoms with Gasteiger partial charge < -0.3 is 23.9 Å². The molecule has 3 aromatic rings. The minimum atomic E-state index is -0.202. The highest BCUT2D eigenvalue weighted by Crippen LogP contribution is 2.29. The van der Waals surface area contributed by atoms with Gasteiger partial charge in [-0.3, -0.25) is 9.69 Å². The Morgan fingerprint density at radius 3 is 2.42 bits per heavy atom. The van der Waals surface area contributed by atoms with E-state index >= 15 is 0 Å². The Morgan fingerprint density at radius 1 is 1.00 bits per heavy atom. The third-order valence-corrected chi connectivity index (χ3v) is 6.87. The first-order chi connectivity index (χ1) is 18.3.